The third-order valence-corrected chi connectivity index (χ3v) is 8.66. The number of hydrogen-bond acceptors (Lipinski definition) is 9. The largest absolute Gasteiger partial charge is 0.454 e. The number of hydrogen-bond donors (Lipinski definition) is 4. The molecule has 250 valence electrons. The number of aromatic amines is 1. The number of nitrogens with two attached hydrogens (primary N) is 1. The van der Waals surface area contributed by atoms with Crippen molar-refractivity contribution in [2.75, 3.05) is 55.6 Å². The van der Waals surface area contributed by atoms with Gasteiger partial charge < -0.3 is 35.5 Å². The quantitative estimate of drug-likeness (QED) is 0.126. The van der Waals surface area contributed by atoms with E-state index in [1.807, 2.05) is 13.0 Å². The van der Waals surface area contributed by atoms with Gasteiger partial charge >= 0.3 is 0 Å². The number of H-pyrrole nitrogens is 1. The fraction of sp³-hybridized carbons (Fsp3) is 0.286. The van der Waals surface area contributed by atoms with E-state index < -0.39 is 18.1 Å². The summed E-state index contributed by atoms with van der Waals surface area (Å²) in [5.41, 5.74) is 9.25. The van der Waals surface area contributed by atoms with E-state index >= 15 is 0 Å². The van der Waals surface area contributed by atoms with Crippen LogP contribution in [0.3, 0.4) is 0 Å². The monoisotopic (exact) mass is 655 g/mol. The normalized spacial score (nSPS) is 13.6. The number of fused-ring (bicyclic) bond motifs is 1. The van der Waals surface area contributed by atoms with Crippen LogP contribution in [0.1, 0.15) is 35.5 Å². The van der Waals surface area contributed by atoms with Crippen molar-refractivity contribution in [3.63, 3.8) is 0 Å². The Hall–Kier alpha value is -5.24. The highest BCUT2D eigenvalue weighted by molar-refractivity contribution is 6.13. The molecule has 0 bridgehead atoms. The molecule has 0 unspecified atom stereocenters. The first kappa shape index (κ1) is 32.7. The number of carbonyl (C=O) groups excluding carboxylic acids is 2. The summed E-state index contributed by atoms with van der Waals surface area (Å²) in [4.78, 5) is 34.0. The SMILES string of the molecule is CNC(C)(C)C(=O)N(CO)c1cc2[nH]c(C(=O)c3cnn(-c4ccc(Oc5ccccc5F)cc4C)c3N)cc2cc1N1CCOCC1. The number of anilines is 3. The number of ether oxygens (including phenoxy) is 2. The second kappa shape index (κ2) is 13.1. The van der Waals surface area contributed by atoms with Gasteiger partial charge in [0.2, 0.25) is 11.7 Å². The van der Waals surface area contributed by atoms with Gasteiger partial charge in [0.1, 0.15) is 18.3 Å². The highest BCUT2D eigenvalue weighted by Crippen LogP contribution is 2.37. The number of nitrogen functional groups attached to an aromatic ring is 1. The van der Waals surface area contributed by atoms with E-state index in [1.54, 1.807) is 69.4 Å². The summed E-state index contributed by atoms with van der Waals surface area (Å²) in [6, 6.07) is 16.7. The van der Waals surface area contributed by atoms with Gasteiger partial charge in [0.25, 0.3) is 0 Å². The van der Waals surface area contributed by atoms with Crippen molar-refractivity contribution in [2.24, 2.45) is 0 Å². The van der Waals surface area contributed by atoms with Gasteiger partial charge in [-0.05, 0) is 81.9 Å². The number of aryl methyl sites for hydroxylation is 1. The standard InChI is InChI=1S/C35H38FN7O5/c1-21-15-23(48-31-8-6-5-7-25(31)36)9-10-28(21)43-33(37)24(19-39-43)32(45)27-16-22-17-29(41-11-13-47-14-12-41)30(18-26(22)40-27)42(20-44)34(46)35(2,3)38-4/h5-10,15-19,38,40,44H,11-14,20,37H2,1-4H3. The van der Waals surface area contributed by atoms with Gasteiger partial charge in [0.15, 0.2) is 11.6 Å². The summed E-state index contributed by atoms with van der Waals surface area (Å²) in [5.74, 6) is -0.462. The number of nitrogens with zero attached hydrogens (tertiary/aromatic N) is 4. The van der Waals surface area contributed by atoms with Gasteiger partial charge in [-0.15, -0.1) is 0 Å². The number of amides is 1. The van der Waals surface area contributed by atoms with E-state index in [2.05, 4.69) is 20.3 Å². The van der Waals surface area contributed by atoms with Crippen LogP contribution in [0.2, 0.25) is 0 Å². The average molecular weight is 656 g/mol. The number of nitrogens with one attached hydrogen (secondary N) is 2. The van der Waals surface area contributed by atoms with Crippen LogP contribution in [0.15, 0.2) is 66.9 Å². The molecule has 48 heavy (non-hydrogen) atoms. The third-order valence-electron chi connectivity index (χ3n) is 8.66. The molecule has 1 saturated heterocycles. The van der Waals surface area contributed by atoms with Crippen molar-refractivity contribution < 1.29 is 28.6 Å². The number of aliphatic hydroxyl groups is 1. The Bertz CT molecular complexity index is 2000. The van der Waals surface area contributed by atoms with Crippen molar-refractivity contribution in [3.8, 4) is 17.2 Å². The van der Waals surface area contributed by atoms with Crippen LogP contribution in [-0.4, -0.2) is 77.2 Å². The maximum atomic E-state index is 14.1. The van der Waals surface area contributed by atoms with Crippen LogP contribution < -0.4 is 25.6 Å². The second-order valence-corrected chi connectivity index (χ2v) is 12.1. The Morgan fingerprint density at radius 1 is 1.12 bits per heavy atom. The number of para-hydroxylation sites is 1. The molecule has 2 aromatic heterocycles. The second-order valence-electron chi connectivity index (χ2n) is 12.1. The first-order valence-corrected chi connectivity index (χ1v) is 15.5. The molecule has 0 atom stereocenters. The number of morpholine rings is 1. The fourth-order valence-electron chi connectivity index (χ4n) is 5.70. The Morgan fingerprint density at radius 2 is 1.88 bits per heavy atom. The number of carbonyl (C=O) groups is 2. The van der Waals surface area contributed by atoms with E-state index in [1.165, 1.54) is 21.8 Å². The van der Waals surface area contributed by atoms with E-state index in [4.69, 9.17) is 15.2 Å². The van der Waals surface area contributed by atoms with Gasteiger partial charge in [-0.3, -0.25) is 14.5 Å². The number of likely N-dealkylation sites (N-methyl/N-ethyl adjacent to an activating group) is 1. The topological polar surface area (TPSA) is 151 Å². The van der Waals surface area contributed by atoms with E-state index in [0.29, 0.717) is 48.9 Å². The lowest BCUT2D eigenvalue weighted by molar-refractivity contribution is -0.124. The molecule has 0 saturated carbocycles. The van der Waals surface area contributed by atoms with Crippen molar-refractivity contribution in [1.82, 2.24) is 20.1 Å². The van der Waals surface area contributed by atoms with Gasteiger partial charge in [-0.25, -0.2) is 9.07 Å². The van der Waals surface area contributed by atoms with Crippen molar-refractivity contribution in [1.29, 1.82) is 0 Å². The van der Waals surface area contributed by atoms with Crippen molar-refractivity contribution >= 4 is 39.8 Å². The molecule has 1 fully saturated rings. The smallest absolute Gasteiger partial charge is 0.248 e. The molecular weight excluding hydrogens is 617 g/mol. The molecule has 6 rings (SSSR count). The molecule has 12 nitrogen and oxygen atoms in total. The summed E-state index contributed by atoms with van der Waals surface area (Å²) in [7, 11) is 1.69. The molecule has 3 aromatic carbocycles. The summed E-state index contributed by atoms with van der Waals surface area (Å²) < 4.78 is 26.8. The molecule has 3 heterocycles. The van der Waals surface area contributed by atoms with Gasteiger partial charge in [-0.2, -0.15) is 5.10 Å². The number of aliphatic hydroxyl groups excluding tert-OH is 1. The molecule has 0 spiro atoms. The van der Waals surface area contributed by atoms with Crippen LogP contribution in [0.25, 0.3) is 16.6 Å². The highest BCUT2D eigenvalue weighted by Gasteiger charge is 2.33. The zero-order chi connectivity index (χ0) is 34.2. The van der Waals surface area contributed by atoms with E-state index in [-0.39, 0.29) is 34.5 Å². The van der Waals surface area contributed by atoms with Crippen molar-refractivity contribution in [2.45, 2.75) is 26.3 Å². The molecule has 13 heteroatoms. The third kappa shape index (κ3) is 6.10. The minimum atomic E-state index is -0.944. The molecule has 1 aliphatic rings. The Labute approximate surface area is 276 Å². The molecular formula is C35H38FN7O5. The molecule has 1 aliphatic heterocycles. The lowest BCUT2D eigenvalue weighted by Gasteiger charge is -2.35. The predicted molar refractivity (Wildman–Crippen MR) is 182 cm³/mol. The number of rotatable bonds is 10. The Balaban J connectivity index is 1.33. The molecule has 0 aliphatic carbocycles. The predicted octanol–water partition coefficient (Wildman–Crippen LogP) is 4.52. The van der Waals surface area contributed by atoms with Crippen LogP contribution in [0, 0.1) is 12.7 Å². The minimum Gasteiger partial charge on any atom is -0.454 e. The minimum absolute atomic E-state index is 0.108. The maximum absolute atomic E-state index is 14.1. The fourth-order valence-corrected chi connectivity index (χ4v) is 5.70. The molecule has 5 N–H and O–H groups in total. The summed E-state index contributed by atoms with van der Waals surface area (Å²) in [6.45, 7) is 7.04. The van der Waals surface area contributed by atoms with Crippen molar-refractivity contribution in [3.05, 3.63) is 89.5 Å². The highest BCUT2D eigenvalue weighted by atomic mass is 19.1. The summed E-state index contributed by atoms with van der Waals surface area (Å²) in [5, 5.41) is 18.6. The Morgan fingerprint density at radius 3 is 2.56 bits per heavy atom. The zero-order valence-electron chi connectivity index (χ0n) is 27.2. The Kier molecular flexibility index (Phi) is 8.93. The zero-order valence-corrected chi connectivity index (χ0v) is 27.2. The van der Waals surface area contributed by atoms with Crippen LogP contribution in [0.5, 0.6) is 11.5 Å². The molecule has 1 amide bonds. The molecule has 0 radical (unpaired) electrons. The maximum Gasteiger partial charge on any atom is 0.248 e. The lowest BCUT2D eigenvalue weighted by atomic mass is 10.0. The average Bonchev–Trinajstić information content (AvgIpc) is 3.69. The van der Waals surface area contributed by atoms with E-state index in [9.17, 15) is 19.1 Å². The van der Waals surface area contributed by atoms with Crippen LogP contribution >= 0.6 is 0 Å². The first-order valence-electron chi connectivity index (χ1n) is 15.5. The summed E-state index contributed by atoms with van der Waals surface area (Å²) >= 11 is 0. The first-order chi connectivity index (χ1) is 23.0. The molecule has 5 aromatic rings. The lowest BCUT2D eigenvalue weighted by Crippen LogP contribution is -2.53. The van der Waals surface area contributed by atoms with Gasteiger partial charge in [0.05, 0.1) is 53.3 Å². The number of benzene rings is 3. The van der Waals surface area contributed by atoms with E-state index in [0.717, 1.165) is 16.6 Å². The van der Waals surface area contributed by atoms with Crippen LogP contribution in [-0.2, 0) is 9.53 Å². The number of halogens is 1. The van der Waals surface area contributed by atoms with Gasteiger partial charge in [0, 0.05) is 24.0 Å². The number of ketones is 1. The number of aromatic nitrogens is 3. The van der Waals surface area contributed by atoms with Gasteiger partial charge in [-0.1, -0.05) is 12.1 Å². The summed E-state index contributed by atoms with van der Waals surface area (Å²) in [6.07, 6.45) is 1.42. The van der Waals surface area contributed by atoms with Crippen LogP contribution in [0.4, 0.5) is 21.6 Å².